The smallest absolute Gasteiger partial charge is 0.309 e. The van der Waals surface area contributed by atoms with E-state index in [9.17, 15) is 13.2 Å². The Morgan fingerprint density at radius 1 is 1.33 bits per heavy atom. The van der Waals surface area contributed by atoms with Gasteiger partial charge in [0.25, 0.3) is 10.0 Å². The largest absolute Gasteiger partial charge is 0.459 e. The first-order valence-corrected chi connectivity index (χ1v) is 11.8. The molecule has 0 aromatic carbocycles. The van der Waals surface area contributed by atoms with E-state index in [4.69, 9.17) is 9.15 Å². The number of esters is 1. The summed E-state index contributed by atoms with van der Waals surface area (Å²) in [6.45, 7) is 2.29. The molecule has 4 rings (SSSR count). The van der Waals surface area contributed by atoms with Crippen LogP contribution in [-0.4, -0.2) is 46.3 Å². The Kier molecular flexibility index (Phi) is 5.76. The number of sulfonamides is 1. The minimum Gasteiger partial charge on any atom is -0.459 e. The minimum atomic E-state index is -3.66. The van der Waals surface area contributed by atoms with Crippen LogP contribution in [0.15, 0.2) is 39.4 Å². The number of ether oxygens (including phenoxy) is 1. The second-order valence-corrected chi connectivity index (χ2v) is 9.98. The molecule has 0 unspecified atom stereocenters. The van der Waals surface area contributed by atoms with E-state index >= 15 is 0 Å². The molecule has 0 spiro atoms. The fourth-order valence-corrected chi connectivity index (χ4v) is 5.41. The van der Waals surface area contributed by atoms with E-state index in [2.05, 4.69) is 9.97 Å². The molecular formula is C19H22N4O5S2. The molecule has 1 aliphatic heterocycles. The summed E-state index contributed by atoms with van der Waals surface area (Å²) in [5, 5.41) is 1.97. The van der Waals surface area contributed by atoms with E-state index < -0.39 is 10.0 Å². The Hall–Kier alpha value is -2.50. The molecule has 11 heteroatoms. The summed E-state index contributed by atoms with van der Waals surface area (Å²) < 4.78 is 39.4. The molecule has 1 fully saturated rings. The predicted octanol–water partition coefficient (Wildman–Crippen LogP) is 2.59. The third-order valence-electron chi connectivity index (χ3n) is 5.12. The fraction of sp³-hybridized carbons (Fsp3) is 0.421. The first-order valence-electron chi connectivity index (χ1n) is 9.49. The molecule has 0 N–H and O–H groups in total. The first-order chi connectivity index (χ1) is 14.3. The van der Waals surface area contributed by atoms with E-state index in [1.807, 2.05) is 17.5 Å². The summed E-state index contributed by atoms with van der Waals surface area (Å²) >= 11 is 1.52. The van der Waals surface area contributed by atoms with Crippen molar-refractivity contribution in [2.45, 2.75) is 31.4 Å². The Bertz CT molecular complexity index is 1110. The van der Waals surface area contributed by atoms with E-state index in [-0.39, 0.29) is 36.6 Å². The number of thiophene rings is 1. The second-order valence-electron chi connectivity index (χ2n) is 7.14. The number of hydrogen-bond donors (Lipinski definition) is 0. The van der Waals surface area contributed by atoms with Crippen LogP contribution >= 0.6 is 11.3 Å². The number of aromatic nitrogens is 3. The molecule has 3 aromatic heterocycles. The van der Waals surface area contributed by atoms with Crippen LogP contribution in [0.1, 0.15) is 24.4 Å². The summed E-state index contributed by atoms with van der Waals surface area (Å²) in [6.07, 6.45) is 3.80. The van der Waals surface area contributed by atoms with Gasteiger partial charge in [0.15, 0.2) is 5.03 Å². The molecule has 30 heavy (non-hydrogen) atoms. The average Bonchev–Trinajstić information content (AvgIpc) is 3.48. The molecular weight excluding hydrogens is 428 g/mol. The van der Waals surface area contributed by atoms with Crippen LogP contribution in [0.25, 0.3) is 10.8 Å². The van der Waals surface area contributed by atoms with Crippen molar-refractivity contribution in [3.05, 3.63) is 41.5 Å². The third kappa shape index (κ3) is 4.18. The fourth-order valence-electron chi connectivity index (χ4n) is 3.26. The lowest BCUT2D eigenvalue weighted by Crippen LogP contribution is -2.40. The Balaban J connectivity index is 1.30. The maximum Gasteiger partial charge on any atom is 0.309 e. The topological polar surface area (TPSA) is 108 Å². The van der Waals surface area contributed by atoms with Crippen molar-refractivity contribution >= 4 is 27.3 Å². The number of nitrogens with zero attached hydrogens (tertiary/aromatic N) is 4. The van der Waals surface area contributed by atoms with Crippen molar-refractivity contribution in [3.8, 4) is 10.8 Å². The monoisotopic (exact) mass is 450 g/mol. The molecule has 4 heterocycles. The minimum absolute atomic E-state index is 0.0272. The Labute approximate surface area is 178 Å². The van der Waals surface area contributed by atoms with Gasteiger partial charge in [-0.05, 0) is 31.2 Å². The van der Waals surface area contributed by atoms with Crippen LogP contribution in [0.3, 0.4) is 0 Å². The summed E-state index contributed by atoms with van der Waals surface area (Å²) in [4.78, 5) is 21.8. The lowest BCUT2D eigenvalue weighted by Gasteiger charge is -2.29. The molecule has 0 bridgehead atoms. The average molecular weight is 451 g/mol. The number of carbonyl (C=O) groups excluding carboxylic acids is 1. The molecule has 9 nitrogen and oxygen atoms in total. The molecule has 160 valence electrons. The third-order valence-corrected chi connectivity index (χ3v) is 7.75. The van der Waals surface area contributed by atoms with Crippen LogP contribution in [-0.2, 0) is 33.2 Å². The lowest BCUT2D eigenvalue weighted by molar-refractivity contribution is -0.151. The first kappa shape index (κ1) is 20.8. The van der Waals surface area contributed by atoms with Gasteiger partial charge in [0, 0.05) is 26.3 Å². The lowest BCUT2D eigenvalue weighted by atomic mass is 9.98. The molecule has 0 amide bonds. The standard InChI is InChI=1S/C19H22N4O5S2/c1-13-20-17(10-22(13)2)30(25,26)23-7-5-14(6-8-23)19(24)28-12-15-11-27-18(21-15)16-4-3-9-29-16/h3-4,9-11,14H,5-8,12H2,1-2H3. The maximum absolute atomic E-state index is 12.8. The quantitative estimate of drug-likeness (QED) is 0.531. The number of carbonyl (C=O) groups is 1. The van der Waals surface area contributed by atoms with Crippen molar-refractivity contribution in [1.29, 1.82) is 0 Å². The van der Waals surface area contributed by atoms with Gasteiger partial charge in [0.2, 0.25) is 5.89 Å². The number of piperidine rings is 1. The van der Waals surface area contributed by atoms with E-state index in [1.54, 1.807) is 18.5 Å². The summed E-state index contributed by atoms with van der Waals surface area (Å²) in [6, 6.07) is 3.81. The van der Waals surface area contributed by atoms with Crippen molar-refractivity contribution in [1.82, 2.24) is 18.8 Å². The second kappa shape index (κ2) is 8.32. The van der Waals surface area contributed by atoms with Crippen LogP contribution in [0, 0.1) is 12.8 Å². The van der Waals surface area contributed by atoms with E-state index in [0.29, 0.717) is 30.3 Å². The normalized spacial score (nSPS) is 16.1. The molecule has 0 atom stereocenters. The number of aryl methyl sites for hydroxylation is 2. The highest BCUT2D eigenvalue weighted by Crippen LogP contribution is 2.26. The van der Waals surface area contributed by atoms with Gasteiger partial charge in [-0.25, -0.2) is 18.4 Å². The van der Waals surface area contributed by atoms with E-state index in [1.165, 1.54) is 28.1 Å². The zero-order chi connectivity index (χ0) is 21.3. The molecule has 1 aliphatic rings. The Morgan fingerprint density at radius 3 is 2.73 bits per heavy atom. The number of hydrogen-bond acceptors (Lipinski definition) is 8. The SMILES string of the molecule is Cc1nc(S(=O)(=O)N2CCC(C(=O)OCc3coc(-c4cccs4)n3)CC2)cn1C. The van der Waals surface area contributed by atoms with E-state index in [0.717, 1.165) is 4.88 Å². The highest BCUT2D eigenvalue weighted by Gasteiger charge is 2.34. The van der Waals surface area contributed by atoms with Gasteiger partial charge in [-0.15, -0.1) is 11.3 Å². The summed E-state index contributed by atoms with van der Waals surface area (Å²) in [5.41, 5.74) is 0.539. The number of imidazole rings is 1. The van der Waals surface area contributed by atoms with Crippen LogP contribution in [0.5, 0.6) is 0 Å². The molecule has 1 saturated heterocycles. The summed E-state index contributed by atoms with van der Waals surface area (Å²) in [7, 11) is -1.91. The van der Waals surface area contributed by atoms with Gasteiger partial charge in [0.05, 0.1) is 10.8 Å². The maximum atomic E-state index is 12.8. The predicted molar refractivity (Wildman–Crippen MR) is 109 cm³/mol. The van der Waals surface area contributed by atoms with Crippen LogP contribution in [0.2, 0.25) is 0 Å². The van der Waals surface area contributed by atoms with Crippen LogP contribution < -0.4 is 0 Å². The van der Waals surface area contributed by atoms with Crippen molar-refractivity contribution < 1.29 is 22.4 Å². The van der Waals surface area contributed by atoms with Crippen molar-refractivity contribution in [3.63, 3.8) is 0 Å². The highest BCUT2D eigenvalue weighted by molar-refractivity contribution is 7.89. The number of oxazole rings is 1. The zero-order valence-electron chi connectivity index (χ0n) is 16.6. The van der Waals surface area contributed by atoms with Gasteiger partial charge in [-0.2, -0.15) is 4.31 Å². The number of rotatable bonds is 6. The molecule has 3 aromatic rings. The van der Waals surface area contributed by atoms with Gasteiger partial charge in [-0.1, -0.05) is 6.07 Å². The zero-order valence-corrected chi connectivity index (χ0v) is 18.3. The van der Waals surface area contributed by atoms with Gasteiger partial charge in [-0.3, -0.25) is 4.79 Å². The summed E-state index contributed by atoms with van der Waals surface area (Å²) in [5.74, 6) is 0.438. The molecule has 0 saturated carbocycles. The van der Waals surface area contributed by atoms with Crippen molar-refractivity contribution in [2.24, 2.45) is 13.0 Å². The van der Waals surface area contributed by atoms with Gasteiger partial charge < -0.3 is 13.7 Å². The highest BCUT2D eigenvalue weighted by atomic mass is 32.2. The van der Waals surface area contributed by atoms with Gasteiger partial charge in [0.1, 0.15) is 24.4 Å². The van der Waals surface area contributed by atoms with Crippen LogP contribution in [0.4, 0.5) is 0 Å². The van der Waals surface area contributed by atoms with Crippen molar-refractivity contribution in [2.75, 3.05) is 13.1 Å². The molecule has 0 radical (unpaired) electrons. The Morgan fingerprint density at radius 2 is 2.10 bits per heavy atom. The van der Waals surface area contributed by atoms with Gasteiger partial charge >= 0.3 is 5.97 Å². The molecule has 0 aliphatic carbocycles.